The molecule has 1 N–H and O–H groups in total. The molecule has 0 fully saturated rings. The van der Waals surface area contributed by atoms with Crippen LogP contribution in [-0.2, 0) is 10.9 Å². The van der Waals surface area contributed by atoms with Gasteiger partial charge in [0.2, 0.25) is 0 Å². The van der Waals surface area contributed by atoms with E-state index in [0.717, 1.165) is 35.0 Å². The number of ether oxygens (including phenoxy) is 2. The smallest absolute Gasteiger partial charge is 1.00 e. The number of halogens is 4. The number of alkyl halides is 3. The number of hydrogen-bond acceptors (Lipinski definition) is 7. The summed E-state index contributed by atoms with van der Waals surface area (Å²) in [5, 5.41) is 15.6. The maximum Gasteiger partial charge on any atom is 1.00 e. The predicted molar refractivity (Wildman–Crippen MR) is 159 cm³/mol. The monoisotopic (exact) mass is 658 g/mol. The maximum atomic E-state index is 13.2. The Labute approximate surface area is 286 Å². The first-order valence-electron chi connectivity index (χ1n) is 12.9. The normalized spacial score (nSPS) is 10.9. The van der Waals surface area contributed by atoms with Crippen LogP contribution >= 0.6 is 11.6 Å². The van der Waals surface area contributed by atoms with Gasteiger partial charge in [0, 0.05) is 23.2 Å². The van der Waals surface area contributed by atoms with Gasteiger partial charge in [-0.05, 0) is 47.9 Å². The van der Waals surface area contributed by atoms with E-state index in [-0.39, 0.29) is 53.6 Å². The van der Waals surface area contributed by atoms with Crippen molar-refractivity contribution in [2.24, 2.45) is 0 Å². The van der Waals surface area contributed by atoms with Gasteiger partial charge in [0.25, 0.3) is 11.6 Å². The third-order valence-corrected chi connectivity index (χ3v) is 6.78. The molecule has 0 spiro atoms. The summed E-state index contributed by atoms with van der Waals surface area (Å²) >= 11 is 5.92. The average molecular weight is 659 g/mol. The van der Waals surface area contributed by atoms with Gasteiger partial charge in [-0.1, -0.05) is 60.1 Å². The molecule has 0 aliphatic heterocycles. The summed E-state index contributed by atoms with van der Waals surface area (Å²) in [4.78, 5) is 50.1. The van der Waals surface area contributed by atoms with E-state index in [1.807, 2.05) is 18.2 Å². The summed E-state index contributed by atoms with van der Waals surface area (Å²) in [6, 6.07) is 23.2. The zero-order chi connectivity index (χ0) is 32.3. The molecule has 0 aliphatic carbocycles. The molecule has 0 radical (unpaired) electrons. The second-order valence-electron chi connectivity index (χ2n) is 9.38. The van der Waals surface area contributed by atoms with Crippen LogP contribution in [-0.4, -0.2) is 22.8 Å². The van der Waals surface area contributed by atoms with E-state index < -0.39 is 50.8 Å². The van der Waals surface area contributed by atoms with Gasteiger partial charge in [-0.3, -0.25) is 14.9 Å². The number of benzene rings is 5. The van der Waals surface area contributed by atoms with Crippen molar-refractivity contribution in [3.05, 3.63) is 141 Å². The van der Waals surface area contributed by atoms with E-state index in [0.29, 0.717) is 17.8 Å². The first kappa shape index (κ1) is 34.1. The summed E-state index contributed by atoms with van der Waals surface area (Å²) in [7, 11) is 0. The van der Waals surface area contributed by atoms with Crippen molar-refractivity contribution >= 4 is 51.6 Å². The number of carbonyl (C=O) groups is 3. The molecule has 46 heavy (non-hydrogen) atoms. The van der Waals surface area contributed by atoms with Crippen molar-refractivity contribution in [1.29, 1.82) is 0 Å². The van der Waals surface area contributed by atoms with Crippen LogP contribution in [0.25, 0.3) is 10.8 Å². The zero-order valence-electron chi connectivity index (χ0n) is 24.6. The molecule has 1 amide bonds. The number of nitro benzene ring substituents is 1. The number of anilines is 1. The van der Waals surface area contributed by atoms with Crippen molar-refractivity contribution in [1.82, 2.24) is 0 Å². The van der Waals surface area contributed by atoms with Gasteiger partial charge in [0.15, 0.2) is 0 Å². The molecule has 0 atom stereocenters. The Balaban J connectivity index is 0.00000300. The molecule has 0 unspecified atom stereocenters. The van der Waals surface area contributed by atoms with Crippen molar-refractivity contribution in [3.63, 3.8) is 0 Å². The predicted octanol–water partition coefficient (Wildman–Crippen LogP) is 5.58. The van der Waals surface area contributed by atoms with Crippen LogP contribution in [0.1, 0.15) is 38.1 Å². The fourth-order valence-electron chi connectivity index (χ4n) is 4.37. The first-order chi connectivity index (χ1) is 21.4. The van der Waals surface area contributed by atoms with Crippen LogP contribution in [0, 0.1) is 10.1 Å². The second-order valence-corrected chi connectivity index (χ2v) is 9.79. The van der Waals surface area contributed by atoms with E-state index in [4.69, 9.17) is 21.1 Å². The van der Waals surface area contributed by atoms with Crippen LogP contribution in [0.3, 0.4) is 0 Å². The molecule has 5 aromatic rings. The average Bonchev–Trinajstić information content (AvgIpc) is 3.01. The topological polar surface area (TPSA) is 125 Å². The summed E-state index contributed by atoms with van der Waals surface area (Å²) in [5.41, 5.74) is -2.44. The van der Waals surface area contributed by atoms with Gasteiger partial charge in [-0.15, -0.1) is 0 Å². The molecule has 0 aliphatic rings. The Morgan fingerprint density at radius 3 is 2.15 bits per heavy atom. The molecular formula is C32H19ClF3N2NaO7. The Morgan fingerprint density at radius 2 is 1.46 bits per heavy atom. The van der Waals surface area contributed by atoms with E-state index in [9.17, 15) is 37.7 Å². The van der Waals surface area contributed by atoms with Gasteiger partial charge in [-0.2, -0.15) is 13.2 Å². The molecule has 0 saturated heterocycles. The van der Waals surface area contributed by atoms with Crippen LogP contribution in [0.15, 0.2) is 103 Å². The third-order valence-electron chi connectivity index (χ3n) is 6.49. The van der Waals surface area contributed by atoms with Crippen LogP contribution in [0.2, 0.25) is 5.02 Å². The number of esters is 2. The fourth-order valence-corrected chi connectivity index (χ4v) is 4.58. The zero-order valence-corrected chi connectivity index (χ0v) is 26.4. The summed E-state index contributed by atoms with van der Waals surface area (Å²) in [5.74, 6) is -3.85. The van der Waals surface area contributed by atoms with E-state index in [1.165, 1.54) is 24.3 Å². The van der Waals surface area contributed by atoms with Gasteiger partial charge < -0.3 is 16.2 Å². The molecule has 0 saturated carbocycles. The van der Waals surface area contributed by atoms with Crippen LogP contribution < -0.4 is 39.6 Å². The quantitative estimate of drug-likeness (QED) is 0.0796. The minimum Gasteiger partial charge on any atom is -1.00 e. The van der Waals surface area contributed by atoms with E-state index in [1.54, 1.807) is 24.3 Å². The molecule has 5 rings (SSSR count). The van der Waals surface area contributed by atoms with Crippen molar-refractivity contribution < 1.29 is 72.9 Å². The standard InChI is InChI=1S/C32H18ClF3N2O7.Na.H/c33-25-16-19(32(34,35)36)12-15-28(25)44-20-13-14-27(38(42)43)24(17-20)31(41)45-30(40)23-10-4-3-9-22(23)29(39)37-26-11-5-7-18-6-1-2-8-21(18)26;;/h1-17H,(H,37,39);;/q;+1;-1. The van der Waals surface area contributed by atoms with E-state index in [2.05, 4.69) is 5.32 Å². The molecule has 9 nitrogen and oxygen atoms in total. The van der Waals surface area contributed by atoms with Crippen LogP contribution in [0.5, 0.6) is 11.5 Å². The van der Waals surface area contributed by atoms with E-state index >= 15 is 0 Å². The molecular weight excluding hydrogens is 640 g/mol. The van der Waals surface area contributed by atoms with Gasteiger partial charge in [0.1, 0.15) is 17.1 Å². The largest absolute Gasteiger partial charge is 1.00 e. The number of carbonyl (C=O) groups excluding carboxylic acids is 3. The number of fused-ring (bicyclic) bond motifs is 1. The Hall–Kier alpha value is -4.75. The summed E-state index contributed by atoms with van der Waals surface area (Å²) in [6.45, 7) is 0. The number of amides is 1. The molecule has 5 aromatic carbocycles. The van der Waals surface area contributed by atoms with Gasteiger partial charge in [0.05, 0.1) is 26.6 Å². The number of nitrogens with one attached hydrogen (secondary N) is 1. The molecule has 0 bridgehead atoms. The SMILES string of the molecule is O=C(Nc1cccc2ccccc12)c1ccccc1C(=O)OC(=O)c1cc(Oc2ccc(C(F)(F)F)cc2Cl)ccc1[N+](=O)[O-].[H-].[Na+]. The Bertz CT molecular complexity index is 2000. The number of nitrogens with zero attached hydrogens (tertiary/aromatic N) is 1. The summed E-state index contributed by atoms with van der Waals surface area (Å²) in [6.07, 6.45) is -4.66. The van der Waals surface area contributed by atoms with Crippen molar-refractivity contribution in [2.75, 3.05) is 5.32 Å². The van der Waals surface area contributed by atoms with Gasteiger partial charge in [-0.25, -0.2) is 9.59 Å². The second kappa shape index (κ2) is 14.1. The summed E-state index contributed by atoms with van der Waals surface area (Å²) < 4.78 is 49.3. The van der Waals surface area contributed by atoms with Crippen LogP contribution in [0.4, 0.5) is 24.5 Å². The number of rotatable bonds is 7. The first-order valence-corrected chi connectivity index (χ1v) is 13.3. The number of hydrogen-bond donors (Lipinski definition) is 1. The molecule has 228 valence electrons. The van der Waals surface area contributed by atoms with Crippen molar-refractivity contribution in [3.8, 4) is 11.5 Å². The molecule has 14 heteroatoms. The van der Waals surface area contributed by atoms with Crippen molar-refractivity contribution in [2.45, 2.75) is 6.18 Å². The number of nitro groups is 1. The van der Waals surface area contributed by atoms with Gasteiger partial charge >= 0.3 is 47.7 Å². The fraction of sp³-hybridized carbons (Fsp3) is 0.0312. The molecule has 0 heterocycles. The Morgan fingerprint density at radius 1 is 0.804 bits per heavy atom. The Kier molecular flexibility index (Phi) is 10.5. The third kappa shape index (κ3) is 7.54. The maximum absolute atomic E-state index is 13.2. The molecule has 0 aromatic heterocycles. The minimum atomic E-state index is -4.66. The minimum absolute atomic E-state index is 0.